The summed E-state index contributed by atoms with van der Waals surface area (Å²) in [6, 6.07) is 4.38. The SMILES string of the molecule is C=CCSC1=N/C(=C\c2c(F)cccc2Cl)C(=O)S1. The first-order valence-electron chi connectivity index (χ1n) is 5.32. The molecular weight excluding hydrogens is 305 g/mol. The molecule has 0 atom stereocenters. The summed E-state index contributed by atoms with van der Waals surface area (Å²) >= 11 is 8.36. The summed E-state index contributed by atoms with van der Waals surface area (Å²) in [5.41, 5.74) is 0.399. The molecule has 0 aliphatic carbocycles. The van der Waals surface area contributed by atoms with E-state index in [-0.39, 0.29) is 21.4 Å². The van der Waals surface area contributed by atoms with Gasteiger partial charge in [-0.05, 0) is 30.0 Å². The summed E-state index contributed by atoms with van der Waals surface area (Å²) in [4.78, 5) is 15.9. The Hall–Kier alpha value is -1.04. The lowest BCUT2D eigenvalue weighted by Crippen LogP contribution is -1.90. The molecule has 0 saturated carbocycles. The normalized spacial score (nSPS) is 16.8. The molecule has 1 aliphatic heterocycles. The van der Waals surface area contributed by atoms with Gasteiger partial charge in [0.1, 0.15) is 15.9 Å². The molecular formula is C13H9ClFNOS2. The Bertz CT molecular complexity index is 578. The molecule has 0 unspecified atom stereocenters. The van der Waals surface area contributed by atoms with Crippen LogP contribution < -0.4 is 0 Å². The third-order valence-electron chi connectivity index (χ3n) is 2.21. The highest BCUT2D eigenvalue weighted by Crippen LogP contribution is 2.32. The quantitative estimate of drug-likeness (QED) is 0.613. The van der Waals surface area contributed by atoms with Crippen molar-refractivity contribution in [3.63, 3.8) is 0 Å². The van der Waals surface area contributed by atoms with E-state index in [1.54, 1.807) is 12.1 Å². The Balaban J connectivity index is 2.30. The van der Waals surface area contributed by atoms with Crippen molar-refractivity contribution in [3.8, 4) is 0 Å². The van der Waals surface area contributed by atoms with E-state index in [2.05, 4.69) is 11.6 Å². The zero-order valence-corrected chi connectivity index (χ0v) is 12.1. The number of hydrogen-bond donors (Lipinski definition) is 0. The zero-order chi connectivity index (χ0) is 13.8. The number of carbonyl (C=O) groups is 1. The summed E-state index contributed by atoms with van der Waals surface area (Å²) in [6.45, 7) is 3.60. The highest BCUT2D eigenvalue weighted by atomic mass is 35.5. The molecule has 0 aromatic heterocycles. The molecule has 2 rings (SSSR count). The van der Waals surface area contributed by atoms with Gasteiger partial charge in [0.05, 0.1) is 5.02 Å². The van der Waals surface area contributed by atoms with Gasteiger partial charge in [-0.15, -0.1) is 6.58 Å². The number of benzene rings is 1. The second-order valence-corrected chi connectivity index (χ2v) is 6.17. The number of nitrogens with zero attached hydrogens (tertiary/aromatic N) is 1. The Morgan fingerprint density at radius 1 is 1.53 bits per heavy atom. The van der Waals surface area contributed by atoms with Gasteiger partial charge in [-0.3, -0.25) is 4.79 Å². The number of thioether (sulfide) groups is 2. The smallest absolute Gasteiger partial charge is 0.244 e. The second kappa shape index (κ2) is 6.41. The minimum absolute atomic E-state index is 0.187. The van der Waals surface area contributed by atoms with Crippen molar-refractivity contribution in [2.75, 3.05) is 5.75 Å². The molecule has 0 N–H and O–H groups in total. The maximum absolute atomic E-state index is 13.6. The Morgan fingerprint density at radius 2 is 2.32 bits per heavy atom. The summed E-state index contributed by atoms with van der Waals surface area (Å²) < 4.78 is 14.3. The molecule has 6 heteroatoms. The Morgan fingerprint density at radius 3 is 3.00 bits per heavy atom. The minimum Gasteiger partial charge on any atom is -0.279 e. The van der Waals surface area contributed by atoms with Gasteiger partial charge in [0, 0.05) is 11.3 Å². The van der Waals surface area contributed by atoms with E-state index >= 15 is 0 Å². The van der Waals surface area contributed by atoms with Gasteiger partial charge in [-0.2, -0.15) is 0 Å². The molecule has 1 aromatic carbocycles. The van der Waals surface area contributed by atoms with Gasteiger partial charge >= 0.3 is 0 Å². The van der Waals surface area contributed by atoms with E-state index in [4.69, 9.17) is 11.6 Å². The molecule has 0 bridgehead atoms. The van der Waals surface area contributed by atoms with Crippen LogP contribution in [0.4, 0.5) is 4.39 Å². The van der Waals surface area contributed by atoms with Crippen molar-refractivity contribution in [2.45, 2.75) is 0 Å². The minimum atomic E-state index is -0.472. The molecule has 1 aromatic rings. The number of halogens is 2. The highest BCUT2D eigenvalue weighted by molar-refractivity contribution is 8.45. The summed E-state index contributed by atoms with van der Waals surface area (Å²) in [7, 11) is 0. The lowest BCUT2D eigenvalue weighted by Gasteiger charge is -1.99. The second-order valence-electron chi connectivity index (χ2n) is 3.53. The molecule has 2 nitrogen and oxygen atoms in total. The van der Waals surface area contributed by atoms with Crippen molar-refractivity contribution < 1.29 is 9.18 Å². The Labute approximate surface area is 123 Å². The van der Waals surface area contributed by atoms with Gasteiger partial charge in [-0.1, -0.05) is 35.5 Å². The van der Waals surface area contributed by atoms with Crippen LogP contribution >= 0.6 is 35.1 Å². The van der Waals surface area contributed by atoms with Crippen LogP contribution in [-0.2, 0) is 4.79 Å². The maximum atomic E-state index is 13.6. The summed E-state index contributed by atoms with van der Waals surface area (Å²) in [5.74, 6) is 0.201. The van der Waals surface area contributed by atoms with Crippen molar-refractivity contribution in [2.24, 2.45) is 4.99 Å². The van der Waals surface area contributed by atoms with Crippen LogP contribution in [0.25, 0.3) is 6.08 Å². The molecule has 0 radical (unpaired) electrons. The average Bonchev–Trinajstić information content (AvgIpc) is 2.72. The van der Waals surface area contributed by atoms with E-state index in [9.17, 15) is 9.18 Å². The molecule has 19 heavy (non-hydrogen) atoms. The third kappa shape index (κ3) is 3.49. The zero-order valence-electron chi connectivity index (χ0n) is 9.73. The van der Waals surface area contributed by atoms with Crippen LogP contribution in [0, 0.1) is 5.82 Å². The van der Waals surface area contributed by atoms with Crippen molar-refractivity contribution in [1.82, 2.24) is 0 Å². The largest absolute Gasteiger partial charge is 0.279 e. The van der Waals surface area contributed by atoms with Crippen LogP contribution in [0.3, 0.4) is 0 Å². The topological polar surface area (TPSA) is 29.4 Å². The number of hydrogen-bond acceptors (Lipinski definition) is 4. The van der Waals surface area contributed by atoms with E-state index in [1.807, 2.05) is 0 Å². The Kier molecular flexibility index (Phi) is 4.85. The molecule has 1 aliphatic rings. The first-order valence-corrected chi connectivity index (χ1v) is 7.50. The molecule has 98 valence electrons. The molecule has 1 heterocycles. The summed E-state index contributed by atoms with van der Waals surface area (Å²) in [5, 5.41) is 0.0542. The predicted octanol–water partition coefficient (Wildman–Crippen LogP) is 4.37. The lowest BCUT2D eigenvalue weighted by atomic mass is 10.2. The first-order chi connectivity index (χ1) is 9.11. The third-order valence-corrected chi connectivity index (χ3v) is 4.54. The van der Waals surface area contributed by atoms with Crippen LogP contribution in [0.1, 0.15) is 5.56 Å². The van der Waals surface area contributed by atoms with Gasteiger partial charge in [-0.25, -0.2) is 9.38 Å². The van der Waals surface area contributed by atoms with E-state index in [0.29, 0.717) is 10.1 Å². The van der Waals surface area contributed by atoms with Crippen LogP contribution in [0.5, 0.6) is 0 Å². The first kappa shape index (κ1) is 14.4. The van der Waals surface area contributed by atoms with E-state index in [1.165, 1.54) is 30.0 Å². The highest BCUT2D eigenvalue weighted by Gasteiger charge is 2.22. The van der Waals surface area contributed by atoms with Crippen LogP contribution in [0.15, 0.2) is 41.5 Å². The standard InChI is InChI=1S/C13H9ClFNOS2/c1-2-6-18-13-16-11(12(17)19-13)7-8-9(14)4-3-5-10(8)15/h2-5,7H,1,6H2/b11-7-. The fraction of sp³-hybridized carbons (Fsp3) is 0.0769. The number of rotatable bonds is 3. The lowest BCUT2D eigenvalue weighted by molar-refractivity contribution is -0.107. The fourth-order valence-electron chi connectivity index (χ4n) is 1.37. The average molecular weight is 314 g/mol. The maximum Gasteiger partial charge on any atom is 0.244 e. The fourth-order valence-corrected chi connectivity index (χ4v) is 3.19. The predicted molar refractivity (Wildman–Crippen MR) is 82.1 cm³/mol. The molecule has 0 amide bonds. The van der Waals surface area contributed by atoms with Crippen LogP contribution in [0.2, 0.25) is 5.02 Å². The van der Waals surface area contributed by atoms with Gasteiger partial charge < -0.3 is 0 Å². The number of aliphatic imine (C=N–C) groups is 1. The van der Waals surface area contributed by atoms with Crippen molar-refractivity contribution in [3.05, 3.63) is 53.0 Å². The molecule has 0 saturated heterocycles. The van der Waals surface area contributed by atoms with Gasteiger partial charge in [0.25, 0.3) is 0 Å². The van der Waals surface area contributed by atoms with Crippen molar-refractivity contribution >= 4 is 50.7 Å². The molecule has 0 spiro atoms. The molecule has 0 fully saturated rings. The monoisotopic (exact) mass is 313 g/mol. The summed E-state index contributed by atoms with van der Waals surface area (Å²) in [6.07, 6.45) is 3.11. The number of carbonyl (C=O) groups excluding carboxylic acids is 1. The van der Waals surface area contributed by atoms with Gasteiger partial charge in [0.2, 0.25) is 5.12 Å². The van der Waals surface area contributed by atoms with Crippen LogP contribution in [-0.4, -0.2) is 15.2 Å². The van der Waals surface area contributed by atoms with Crippen molar-refractivity contribution in [1.29, 1.82) is 0 Å². The van der Waals surface area contributed by atoms with Gasteiger partial charge in [0.15, 0.2) is 0 Å². The van der Waals surface area contributed by atoms with E-state index in [0.717, 1.165) is 11.8 Å². The van der Waals surface area contributed by atoms with E-state index < -0.39 is 5.82 Å².